The van der Waals surface area contributed by atoms with Crippen molar-refractivity contribution in [1.29, 1.82) is 0 Å². The van der Waals surface area contributed by atoms with Crippen molar-refractivity contribution in [2.45, 2.75) is 119 Å². The number of hydrogen-bond acceptors (Lipinski definition) is 3. The average Bonchev–Trinajstić information content (AvgIpc) is 2.78. The molecule has 10 atom stereocenters. The monoisotopic (exact) mass is 498 g/mol. The number of carboxylic acid groups (broad SMARTS) is 1. The summed E-state index contributed by atoms with van der Waals surface area (Å²) in [6, 6.07) is 0. The van der Waals surface area contributed by atoms with Gasteiger partial charge in [0.25, 0.3) is 0 Å². The molecular weight excluding hydrogens is 448 g/mol. The van der Waals surface area contributed by atoms with Gasteiger partial charge in [-0.1, -0.05) is 60.1 Å². The SMILES string of the molecule is CC(=O)O[C@H]1CC[C@@]2(C)C(CC[C@]3(C)[C@@H]2CC=C2[C@@H]4[C@@H](C)[C@H](C)CC[C@]4(C(=O)O)CC[C@]23C)C1(C)C. The Morgan fingerprint density at radius 1 is 0.917 bits per heavy atom. The van der Waals surface area contributed by atoms with Gasteiger partial charge < -0.3 is 9.84 Å². The molecule has 202 valence electrons. The molecule has 5 aliphatic carbocycles. The van der Waals surface area contributed by atoms with Crippen molar-refractivity contribution in [2.24, 2.45) is 56.7 Å². The molecule has 4 heteroatoms. The average molecular weight is 499 g/mol. The minimum Gasteiger partial charge on any atom is -0.481 e. The Labute approximate surface area is 219 Å². The maximum absolute atomic E-state index is 12.9. The first kappa shape index (κ1) is 26.3. The second-order valence-electron chi connectivity index (χ2n) is 15.1. The predicted molar refractivity (Wildman–Crippen MR) is 142 cm³/mol. The molecule has 0 bridgehead atoms. The first-order chi connectivity index (χ1) is 16.6. The zero-order valence-electron chi connectivity index (χ0n) is 24.1. The largest absolute Gasteiger partial charge is 0.481 e. The van der Waals surface area contributed by atoms with Crippen LogP contribution in [0.25, 0.3) is 0 Å². The van der Waals surface area contributed by atoms with Crippen molar-refractivity contribution in [3.05, 3.63) is 11.6 Å². The molecular formula is C32H50O4. The maximum atomic E-state index is 12.9. The van der Waals surface area contributed by atoms with E-state index in [4.69, 9.17) is 4.74 Å². The summed E-state index contributed by atoms with van der Waals surface area (Å²) < 4.78 is 5.88. The topological polar surface area (TPSA) is 63.6 Å². The summed E-state index contributed by atoms with van der Waals surface area (Å²) in [4.78, 5) is 24.7. The van der Waals surface area contributed by atoms with Crippen LogP contribution in [0.2, 0.25) is 0 Å². The van der Waals surface area contributed by atoms with Gasteiger partial charge in [0, 0.05) is 12.3 Å². The molecule has 5 rings (SSSR count). The van der Waals surface area contributed by atoms with Crippen LogP contribution in [0, 0.1) is 56.7 Å². The number of carbonyl (C=O) groups is 2. The van der Waals surface area contributed by atoms with Crippen LogP contribution < -0.4 is 0 Å². The van der Waals surface area contributed by atoms with Crippen molar-refractivity contribution < 1.29 is 19.4 Å². The molecule has 4 saturated carbocycles. The van der Waals surface area contributed by atoms with Crippen LogP contribution in [0.5, 0.6) is 0 Å². The summed E-state index contributed by atoms with van der Waals surface area (Å²) >= 11 is 0. The van der Waals surface area contributed by atoms with Gasteiger partial charge in [0.05, 0.1) is 5.41 Å². The highest BCUT2D eigenvalue weighted by molar-refractivity contribution is 5.76. The van der Waals surface area contributed by atoms with Gasteiger partial charge in [-0.2, -0.15) is 0 Å². The van der Waals surface area contributed by atoms with E-state index in [9.17, 15) is 14.7 Å². The summed E-state index contributed by atoms with van der Waals surface area (Å²) in [5.74, 6) is 1.53. The van der Waals surface area contributed by atoms with Gasteiger partial charge in [-0.3, -0.25) is 9.59 Å². The molecule has 5 aliphatic rings. The number of allylic oxidation sites excluding steroid dienone is 2. The first-order valence-electron chi connectivity index (χ1n) is 14.8. The molecule has 0 amide bonds. The van der Waals surface area contributed by atoms with Crippen LogP contribution in [-0.2, 0) is 14.3 Å². The molecule has 0 spiro atoms. The van der Waals surface area contributed by atoms with Crippen molar-refractivity contribution in [3.8, 4) is 0 Å². The lowest BCUT2D eigenvalue weighted by Gasteiger charge is -2.71. The van der Waals surface area contributed by atoms with Crippen molar-refractivity contribution in [2.75, 3.05) is 0 Å². The van der Waals surface area contributed by atoms with E-state index in [1.54, 1.807) is 6.92 Å². The number of hydrogen-bond donors (Lipinski definition) is 1. The molecule has 0 saturated heterocycles. The third-order valence-electron chi connectivity index (χ3n) is 13.7. The second kappa shape index (κ2) is 8.09. The second-order valence-corrected chi connectivity index (χ2v) is 15.1. The minimum absolute atomic E-state index is 0.00171. The van der Waals surface area contributed by atoms with E-state index in [2.05, 4.69) is 54.5 Å². The zero-order valence-corrected chi connectivity index (χ0v) is 24.1. The smallest absolute Gasteiger partial charge is 0.310 e. The Bertz CT molecular complexity index is 981. The number of aliphatic carboxylic acids is 1. The molecule has 36 heavy (non-hydrogen) atoms. The Morgan fingerprint density at radius 3 is 2.25 bits per heavy atom. The molecule has 0 heterocycles. The van der Waals surface area contributed by atoms with Gasteiger partial charge in [-0.25, -0.2) is 0 Å². The minimum atomic E-state index is -0.578. The summed E-state index contributed by atoms with van der Waals surface area (Å²) in [6.45, 7) is 18.5. The Hall–Kier alpha value is -1.32. The number of carbonyl (C=O) groups excluding carboxylic acids is 1. The van der Waals surface area contributed by atoms with Crippen molar-refractivity contribution >= 4 is 11.9 Å². The summed E-state index contributed by atoms with van der Waals surface area (Å²) in [5.41, 5.74) is 1.30. The predicted octanol–water partition coefficient (Wildman–Crippen LogP) is 7.66. The molecule has 0 radical (unpaired) electrons. The van der Waals surface area contributed by atoms with Crippen molar-refractivity contribution in [3.63, 3.8) is 0 Å². The quantitative estimate of drug-likeness (QED) is 0.313. The van der Waals surface area contributed by atoms with Gasteiger partial charge in [-0.05, 0) is 104 Å². The highest BCUT2D eigenvalue weighted by Crippen LogP contribution is 2.75. The van der Waals surface area contributed by atoms with E-state index in [1.165, 1.54) is 12.0 Å². The molecule has 4 nitrogen and oxygen atoms in total. The normalized spacial score (nSPS) is 51.5. The Balaban J connectivity index is 1.56. The summed E-state index contributed by atoms with van der Waals surface area (Å²) in [7, 11) is 0. The molecule has 0 aromatic carbocycles. The molecule has 1 N–H and O–H groups in total. The van der Waals surface area contributed by atoms with Crippen LogP contribution in [0.3, 0.4) is 0 Å². The Morgan fingerprint density at radius 2 is 1.61 bits per heavy atom. The van der Waals surface area contributed by atoms with E-state index in [1.807, 2.05) is 0 Å². The third-order valence-corrected chi connectivity index (χ3v) is 13.7. The third kappa shape index (κ3) is 3.17. The van der Waals surface area contributed by atoms with Crippen molar-refractivity contribution in [1.82, 2.24) is 0 Å². The molecule has 0 aromatic rings. The fourth-order valence-corrected chi connectivity index (χ4v) is 11.2. The lowest BCUT2D eigenvalue weighted by molar-refractivity contribution is -0.214. The highest BCUT2D eigenvalue weighted by atomic mass is 16.5. The molecule has 0 aliphatic heterocycles. The number of rotatable bonds is 2. The Kier molecular flexibility index (Phi) is 5.91. The van der Waals surface area contributed by atoms with E-state index in [0.29, 0.717) is 23.7 Å². The first-order valence-corrected chi connectivity index (χ1v) is 14.8. The van der Waals surface area contributed by atoms with E-state index < -0.39 is 11.4 Å². The van der Waals surface area contributed by atoms with Gasteiger partial charge in [-0.15, -0.1) is 0 Å². The number of fused-ring (bicyclic) bond motifs is 7. The zero-order chi connectivity index (χ0) is 26.5. The number of esters is 1. The van der Waals surface area contributed by atoms with E-state index >= 15 is 0 Å². The van der Waals surface area contributed by atoms with Crippen LogP contribution in [0.1, 0.15) is 113 Å². The van der Waals surface area contributed by atoms with Crippen LogP contribution in [0.4, 0.5) is 0 Å². The van der Waals surface area contributed by atoms with Crippen LogP contribution in [-0.4, -0.2) is 23.1 Å². The molecule has 4 fully saturated rings. The van der Waals surface area contributed by atoms with Gasteiger partial charge in [0.1, 0.15) is 6.10 Å². The summed E-state index contributed by atoms with van der Waals surface area (Å²) in [6.07, 6.45) is 11.7. The molecule has 1 unspecified atom stereocenters. The highest BCUT2D eigenvalue weighted by Gasteiger charge is 2.69. The molecule has 0 aromatic heterocycles. The van der Waals surface area contributed by atoms with E-state index in [0.717, 1.165) is 51.4 Å². The fourth-order valence-electron chi connectivity index (χ4n) is 11.2. The number of carboxylic acids is 1. The number of ether oxygens (including phenoxy) is 1. The standard InChI is InChI=1S/C32H50O4/c1-19-11-16-32(27(34)35)18-17-30(7)22(26(32)20(19)2)9-10-24-29(6)14-13-25(36-21(3)33)28(4,5)23(29)12-15-31(24,30)8/h9,19-20,23-26H,10-18H2,1-8H3,(H,34,35)/t19-,20+,23?,24-,25+,26+,29+,30-,31-,32+/m1/s1. The van der Waals surface area contributed by atoms with Gasteiger partial charge >= 0.3 is 11.9 Å². The lowest BCUT2D eigenvalue weighted by atomic mass is 9.33. The van der Waals surface area contributed by atoms with Crippen LogP contribution in [0.15, 0.2) is 11.6 Å². The summed E-state index contributed by atoms with van der Waals surface area (Å²) in [5, 5.41) is 10.6. The van der Waals surface area contributed by atoms with Gasteiger partial charge in [0.15, 0.2) is 0 Å². The lowest BCUT2D eigenvalue weighted by Crippen LogP contribution is -2.65. The van der Waals surface area contributed by atoms with Gasteiger partial charge in [0.2, 0.25) is 0 Å². The fraction of sp³-hybridized carbons (Fsp3) is 0.875. The van der Waals surface area contributed by atoms with E-state index in [-0.39, 0.29) is 39.7 Å². The van der Waals surface area contributed by atoms with Crippen LogP contribution >= 0.6 is 0 Å². The maximum Gasteiger partial charge on any atom is 0.310 e.